The molecule has 0 spiro atoms. The maximum atomic E-state index is 5.34. The van der Waals surface area contributed by atoms with Crippen LogP contribution < -0.4 is 0 Å². The first-order valence-electron chi connectivity index (χ1n) is 2.98. The Kier molecular flexibility index (Phi) is 8.05. The van der Waals surface area contributed by atoms with Gasteiger partial charge in [0.05, 0.1) is 0 Å². The summed E-state index contributed by atoms with van der Waals surface area (Å²) in [5.41, 5.74) is 0. The fourth-order valence-corrected chi connectivity index (χ4v) is 4.90. The highest BCUT2D eigenvalue weighted by Gasteiger charge is 2.12. The van der Waals surface area contributed by atoms with Crippen molar-refractivity contribution in [2.24, 2.45) is 0 Å². The van der Waals surface area contributed by atoms with Gasteiger partial charge in [-0.2, -0.15) is 4.78 Å². The van der Waals surface area contributed by atoms with Gasteiger partial charge in [0.2, 0.25) is 0 Å². The van der Waals surface area contributed by atoms with Crippen LogP contribution in [-0.4, -0.2) is 45.9 Å². The maximum Gasteiger partial charge on any atom is 0.609 e. The van der Waals surface area contributed by atoms with Crippen molar-refractivity contribution in [1.82, 2.24) is 0 Å². The summed E-state index contributed by atoms with van der Waals surface area (Å²) in [7, 11) is 0. The molecule has 9 heavy (non-hydrogen) atoms. The van der Waals surface area contributed by atoms with Gasteiger partial charge < -0.3 is 5.68 Å². The Hall–Kier alpha value is 1.08. The predicted octanol–water partition coefficient (Wildman–Crippen LogP) is -0.521. The average Bonchev–Trinajstić information content (AvgIpc) is 1.85. The Morgan fingerprint density at radius 2 is 2.22 bits per heavy atom. The molecule has 0 aromatic carbocycles. The minimum atomic E-state index is -1.24. The summed E-state index contributed by atoms with van der Waals surface area (Å²) in [4.78, 5) is 2.54. The van der Waals surface area contributed by atoms with E-state index in [2.05, 4.69) is 10.6 Å². The second-order valence-electron chi connectivity index (χ2n) is 1.54. The number of terminal acetylenes is 1. The minimum Gasteiger partial charge on any atom is -0.618 e. The molecule has 0 heterocycles. The van der Waals surface area contributed by atoms with E-state index in [0.29, 0.717) is 0 Å². The zero-order chi connectivity index (χ0) is 7.11. The first-order valence-corrected chi connectivity index (χ1v) is 8.35. The average molecular weight is 170 g/mol. The molecule has 0 saturated heterocycles. The van der Waals surface area contributed by atoms with Crippen molar-refractivity contribution in [3.05, 3.63) is 0 Å². The second kappa shape index (κ2) is 7.19. The summed E-state index contributed by atoms with van der Waals surface area (Å²) in [6, 6.07) is 0. The highest BCUT2D eigenvalue weighted by Crippen LogP contribution is 1.83. The van der Waals surface area contributed by atoms with E-state index in [0.717, 1.165) is 0 Å². The van der Waals surface area contributed by atoms with Gasteiger partial charge in [-0.1, -0.05) is 11.6 Å². The van der Waals surface area contributed by atoms with Crippen molar-refractivity contribution in [1.29, 1.82) is 0 Å². The molecule has 0 atom stereocenters. The van der Waals surface area contributed by atoms with E-state index in [1.165, 1.54) is 0 Å². The molecular weight excluding hydrogens is 161 g/mol. The van der Waals surface area contributed by atoms with Gasteiger partial charge in [-0.15, -0.1) is 6.42 Å². The lowest BCUT2D eigenvalue weighted by atomic mass is 11.4. The molecule has 0 unspecified atom stereocenters. The van der Waals surface area contributed by atoms with Gasteiger partial charge >= 0.3 is 45.9 Å². The Balaban J connectivity index is 3.07. The van der Waals surface area contributed by atoms with E-state index in [1.807, 2.05) is 5.79 Å². The van der Waals surface area contributed by atoms with Gasteiger partial charge in [0, 0.05) is 0 Å². The molecule has 0 aliphatic rings. The molecule has 5 heteroatoms. The van der Waals surface area contributed by atoms with Crippen LogP contribution >= 0.6 is 0 Å². The highest BCUT2D eigenvalue weighted by atomic mass is 27.3. The van der Waals surface area contributed by atoms with Crippen LogP contribution in [0.1, 0.15) is 0 Å². The quantitative estimate of drug-likeness (QED) is 0.417. The third-order valence-electron chi connectivity index (χ3n) is 0.803. The SMILES string of the molecule is C#[C][AlH][O][Al]([CH3])[O][AlH][CH3]. The monoisotopic (exact) mass is 170 g/mol. The Bertz CT molecular complexity index is 100. The first-order chi connectivity index (χ1) is 4.31. The lowest BCUT2D eigenvalue weighted by Gasteiger charge is -2.05. The molecule has 0 radical (unpaired) electrons. The van der Waals surface area contributed by atoms with Crippen LogP contribution in [0, 0.1) is 11.2 Å². The topological polar surface area (TPSA) is 18.5 Å². The number of hydrogen-bond donors (Lipinski definition) is 0. The van der Waals surface area contributed by atoms with Gasteiger partial charge in [-0.3, -0.25) is 0 Å². The molecule has 0 fully saturated rings. The van der Waals surface area contributed by atoms with Crippen molar-refractivity contribution >= 4 is 45.9 Å². The molecule has 0 rings (SSSR count). The van der Waals surface area contributed by atoms with E-state index < -0.39 is 30.4 Å². The van der Waals surface area contributed by atoms with Gasteiger partial charge in [0.25, 0.3) is 0 Å². The van der Waals surface area contributed by atoms with Gasteiger partial charge in [0.15, 0.2) is 0 Å². The molecule has 0 amide bonds. The number of rotatable bonds is 4. The van der Waals surface area contributed by atoms with Gasteiger partial charge in [-0.25, -0.2) is 0 Å². The van der Waals surface area contributed by atoms with Crippen LogP contribution in [0.2, 0.25) is 11.6 Å². The molecule has 0 aliphatic heterocycles. The summed E-state index contributed by atoms with van der Waals surface area (Å²) in [5, 5.41) is 0. The third kappa shape index (κ3) is 6.97. The first kappa shape index (κ1) is 10.1. The summed E-state index contributed by atoms with van der Waals surface area (Å²) in [6.07, 6.45) is 5.04. The van der Waals surface area contributed by atoms with Crippen molar-refractivity contribution < 1.29 is 5.68 Å². The molecule has 0 saturated carbocycles. The Morgan fingerprint density at radius 1 is 1.56 bits per heavy atom. The molecule has 0 aromatic rings. The Morgan fingerprint density at radius 3 is 2.67 bits per heavy atom. The smallest absolute Gasteiger partial charge is 0.609 e. The van der Waals surface area contributed by atoms with E-state index in [9.17, 15) is 0 Å². The van der Waals surface area contributed by atoms with E-state index in [1.54, 1.807) is 0 Å². The maximum absolute atomic E-state index is 5.34. The van der Waals surface area contributed by atoms with Crippen molar-refractivity contribution in [3.63, 3.8) is 0 Å². The predicted molar refractivity (Wildman–Crippen MR) is 42.8 cm³/mol. The third-order valence-corrected chi connectivity index (χ3v) is 6.72. The molecule has 46 valence electrons. The standard InChI is InChI=1S/C2H.2CH3.3Al.2O.2H/c1-2;;;;;;;;;/h1H;2*1H3;;;;;;;. The fourth-order valence-electron chi connectivity index (χ4n) is 0.448. The number of hydrogen-bond acceptors (Lipinski definition) is 2. The van der Waals surface area contributed by atoms with Crippen molar-refractivity contribution in [2.45, 2.75) is 11.6 Å². The minimum absolute atomic E-state index is 0.271. The summed E-state index contributed by atoms with van der Waals surface area (Å²) >= 11 is -2.17. The zero-order valence-corrected chi connectivity index (χ0v) is 9.87. The summed E-state index contributed by atoms with van der Waals surface area (Å²) in [5.74, 6) is 4.13. The molecule has 0 bridgehead atoms. The van der Waals surface area contributed by atoms with E-state index in [-0.39, 0.29) is 15.6 Å². The lowest BCUT2D eigenvalue weighted by Crippen LogP contribution is -2.21. The van der Waals surface area contributed by atoms with Crippen molar-refractivity contribution in [2.75, 3.05) is 0 Å². The summed E-state index contributed by atoms with van der Waals surface area (Å²) < 4.78 is 10.6. The highest BCUT2D eigenvalue weighted by molar-refractivity contribution is 6.59. The van der Waals surface area contributed by atoms with E-state index in [4.69, 9.17) is 12.1 Å². The van der Waals surface area contributed by atoms with Gasteiger partial charge in [0.1, 0.15) is 0 Å². The van der Waals surface area contributed by atoms with Crippen LogP contribution in [-0.2, 0) is 5.68 Å². The fraction of sp³-hybridized carbons (Fsp3) is 0.500. The molecule has 0 aromatic heterocycles. The second-order valence-corrected chi connectivity index (χ2v) is 6.61. The van der Waals surface area contributed by atoms with Crippen LogP contribution in [0.15, 0.2) is 0 Å². The van der Waals surface area contributed by atoms with E-state index >= 15 is 0 Å². The van der Waals surface area contributed by atoms with Crippen LogP contribution in [0.5, 0.6) is 0 Å². The molecule has 0 aliphatic carbocycles. The molecule has 0 N–H and O–H groups in total. The normalized spacial score (nSPS) is 7.67. The zero-order valence-electron chi connectivity index (χ0n) is 5.89. The molecular formula is C4H9Al3O2. The van der Waals surface area contributed by atoms with Crippen LogP contribution in [0.4, 0.5) is 0 Å². The summed E-state index contributed by atoms with van der Waals surface area (Å²) in [6.45, 7) is 0. The largest absolute Gasteiger partial charge is 0.618 e. The van der Waals surface area contributed by atoms with Crippen LogP contribution in [0.3, 0.4) is 0 Å². The lowest BCUT2D eigenvalue weighted by molar-refractivity contribution is 0.469. The molecule has 2 nitrogen and oxygen atoms in total. The van der Waals surface area contributed by atoms with Crippen molar-refractivity contribution in [3.8, 4) is 11.2 Å². The van der Waals surface area contributed by atoms with Gasteiger partial charge in [-0.05, 0) is 0 Å². The van der Waals surface area contributed by atoms with Crippen LogP contribution in [0.25, 0.3) is 0 Å². The Labute approximate surface area is 74.1 Å².